The largest absolute Gasteiger partial charge is 0.573 e. The summed E-state index contributed by atoms with van der Waals surface area (Å²) in [4.78, 5) is 31.0. The van der Waals surface area contributed by atoms with E-state index in [0.29, 0.717) is 11.3 Å². The number of pyridine rings is 1. The smallest absolute Gasteiger partial charge is 0.507 e. The van der Waals surface area contributed by atoms with Crippen LogP contribution in [0.4, 0.5) is 18.9 Å². The molecule has 1 aromatic heterocycles. The first-order chi connectivity index (χ1) is 16.2. The molecule has 2 aromatic carbocycles. The van der Waals surface area contributed by atoms with E-state index in [0.717, 1.165) is 17.0 Å². The lowest BCUT2D eigenvalue weighted by Crippen LogP contribution is -2.29. The Hall–Kier alpha value is -4.34. The van der Waals surface area contributed by atoms with Crippen molar-refractivity contribution in [2.45, 2.75) is 12.4 Å². The third-order valence-corrected chi connectivity index (χ3v) is 5.16. The van der Waals surface area contributed by atoms with E-state index in [4.69, 9.17) is 4.74 Å². The van der Waals surface area contributed by atoms with Crippen molar-refractivity contribution in [3.05, 3.63) is 89.8 Å². The molecule has 4 rings (SSSR count). The van der Waals surface area contributed by atoms with Crippen LogP contribution in [0.15, 0.2) is 78.6 Å². The topological polar surface area (TPSA) is 89.0 Å². The molecule has 1 fully saturated rings. The summed E-state index contributed by atoms with van der Waals surface area (Å²) >= 11 is 0. The Labute approximate surface area is 191 Å². The van der Waals surface area contributed by atoms with E-state index >= 15 is 0 Å². The van der Waals surface area contributed by atoms with E-state index in [1.807, 2.05) is 0 Å². The van der Waals surface area contributed by atoms with E-state index in [-0.39, 0.29) is 16.8 Å². The van der Waals surface area contributed by atoms with Crippen LogP contribution in [0.1, 0.15) is 17.2 Å². The zero-order valence-electron chi connectivity index (χ0n) is 17.6. The second kappa shape index (κ2) is 8.89. The molecule has 0 radical (unpaired) electrons. The van der Waals surface area contributed by atoms with Gasteiger partial charge in [0.2, 0.25) is 0 Å². The molecule has 1 atom stereocenters. The highest BCUT2D eigenvalue weighted by Gasteiger charge is 2.47. The fourth-order valence-corrected chi connectivity index (χ4v) is 3.70. The van der Waals surface area contributed by atoms with Crippen LogP contribution >= 0.6 is 0 Å². The fourth-order valence-electron chi connectivity index (χ4n) is 3.70. The number of rotatable bonds is 5. The predicted octanol–water partition coefficient (Wildman–Crippen LogP) is 4.62. The number of benzene rings is 2. The lowest BCUT2D eigenvalue weighted by atomic mass is 9.95. The van der Waals surface area contributed by atoms with Gasteiger partial charge in [-0.2, -0.15) is 0 Å². The molecule has 174 valence electrons. The fraction of sp³-hybridized carbons (Fsp3) is 0.125. The highest BCUT2D eigenvalue weighted by atomic mass is 19.4. The average Bonchev–Trinajstić information content (AvgIpc) is 3.08. The van der Waals surface area contributed by atoms with Crippen LogP contribution in [0.3, 0.4) is 0 Å². The number of aliphatic hydroxyl groups excluding tert-OH is 1. The molecular weight excluding hydrogens is 453 g/mol. The van der Waals surface area contributed by atoms with Crippen LogP contribution in [-0.2, 0) is 9.59 Å². The van der Waals surface area contributed by atoms with E-state index < -0.39 is 35.6 Å². The number of ketones is 1. The number of aromatic nitrogens is 1. The minimum Gasteiger partial charge on any atom is -0.507 e. The zero-order chi connectivity index (χ0) is 24.5. The summed E-state index contributed by atoms with van der Waals surface area (Å²) < 4.78 is 47.4. The van der Waals surface area contributed by atoms with Gasteiger partial charge in [0.25, 0.3) is 11.7 Å². The van der Waals surface area contributed by atoms with Crippen molar-refractivity contribution in [1.29, 1.82) is 0 Å². The summed E-state index contributed by atoms with van der Waals surface area (Å²) in [6.07, 6.45) is -2.12. The van der Waals surface area contributed by atoms with Crippen molar-refractivity contribution in [3.63, 3.8) is 0 Å². The summed E-state index contributed by atoms with van der Waals surface area (Å²) in [5.41, 5.74) is 0.445. The number of hydrogen-bond donors (Lipinski definition) is 1. The number of halogens is 3. The standard InChI is InChI=1S/C24H17F3N2O5/c1-33-17-7-5-14(6-8-17)20-19(21(30)15-9-11-28-12-10-15)22(31)23(32)29(20)16-3-2-4-18(13-16)34-24(25,26)27/h2-13,20,30H,1H3/b21-19+. The quantitative estimate of drug-likeness (QED) is 0.333. The Morgan fingerprint density at radius 3 is 2.29 bits per heavy atom. The number of carbonyl (C=O) groups excluding carboxylic acids is 2. The van der Waals surface area contributed by atoms with Crippen molar-refractivity contribution < 1.29 is 37.3 Å². The lowest BCUT2D eigenvalue weighted by molar-refractivity contribution is -0.274. The van der Waals surface area contributed by atoms with Gasteiger partial charge in [-0.05, 0) is 42.0 Å². The van der Waals surface area contributed by atoms with Crippen LogP contribution < -0.4 is 14.4 Å². The molecular formula is C24H17F3N2O5. The number of ether oxygens (including phenoxy) is 2. The number of anilines is 1. The van der Waals surface area contributed by atoms with Gasteiger partial charge in [0.1, 0.15) is 17.3 Å². The van der Waals surface area contributed by atoms with Crippen LogP contribution in [0, 0.1) is 0 Å². The second-order valence-electron chi connectivity index (χ2n) is 7.22. The second-order valence-corrected chi connectivity index (χ2v) is 7.22. The van der Waals surface area contributed by atoms with Gasteiger partial charge in [-0.3, -0.25) is 19.5 Å². The summed E-state index contributed by atoms with van der Waals surface area (Å²) in [5, 5.41) is 11.0. The normalized spacial score (nSPS) is 17.6. The lowest BCUT2D eigenvalue weighted by Gasteiger charge is -2.26. The summed E-state index contributed by atoms with van der Waals surface area (Å²) in [6.45, 7) is 0. The molecule has 0 bridgehead atoms. The van der Waals surface area contributed by atoms with E-state index in [9.17, 15) is 27.9 Å². The Bertz CT molecular complexity index is 1260. The molecule has 7 nitrogen and oxygen atoms in total. The van der Waals surface area contributed by atoms with Gasteiger partial charge >= 0.3 is 6.36 Å². The summed E-state index contributed by atoms with van der Waals surface area (Å²) in [6, 6.07) is 12.9. The molecule has 10 heteroatoms. The number of carbonyl (C=O) groups is 2. The minimum absolute atomic E-state index is 0.0153. The molecule has 0 spiro atoms. The summed E-state index contributed by atoms with van der Waals surface area (Å²) in [7, 11) is 1.47. The zero-order valence-corrected chi connectivity index (χ0v) is 17.6. The van der Waals surface area contributed by atoms with Crippen molar-refractivity contribution in [1.82, 2.24) is 4.98 Å². The van der Waals surface area contributed by atoms with Crippen molar-refractivity contribution in [2.75, 3.05) is 12.0 Å². The van der Waals surface area contributed by atoms with E-state index in [1.54, 1.807) is 24.3 Å². The van der Waals surface area contributed by atoms with Gasteiger partial charge in [0, 0.05) is 29.7 Å². The Morgan fingerprint density at radius 1 is 1.00 bits per heavy atom. The maximum Gasteiger partial charge on any atom is 0.573 e. The third-order valence-electron chi connectivity index (χ3n) is 5.16. The molecule has 1 saturated heterocycles. The van der Waals surface area contributed by atoms with Crippen LogP contribution in [0.5, 0.6) is 11.5 Å². The van der Waals surface area contributed by atoms with E-state index in [2.05, 4.69) is 9.72 Å². The van der Waals surface area contributed by atoms with Gasteiger partial charge in [0.15, 0.2) is 0 Å². The number of hydrogen-bond acceptors (Lipinski definition) is 6. The van der Waals surface area contributed by atoms with Crippen molar-refractivity contribution >= 4 is 23.1 Å². The first kappa shape index (κ1) is 22.8. The minimum atomic E-state index is -4.94. The first-order valence-corrected chi connectivity index (χ1v) is 9.91. The number of nitrogens with zero attached hydrogens (tertiary/aromatic N) is 2. The number of Topliss-reactive ketones (excluding diaryl/α,β-unsaturated/α-hetero) is 1. The molecule has 34 heavy (non-hydrogen) atoms. The van der Waals surface area contributed by atoms with Crippen molar-refractivity contribution in [3.8, 4) is 11.5 Å². The SMILES string of the molecule is COc1ccc(C2/C(=C(\O)c3ccncc3)C(=O)C(=O)N2c2cccc(OC(F)(F)F)c2)cc1. The average molecular weight is 470 g/mol. The summed E-state index contributed by atoms with van der Waals surface area (Å²) in [5.74, 6) is -2.49. The van der Waals surface area contributed by atoms with Crippen LogP contribution in [0.2, 0.25) is 0 Å². The number of aliphatic hydroxyl groups is 1. The predicted molar refractivity (Wildman–Crippen MR) is 115 cm³/mol. The Morgan fingerprint density at radius 2 is 1.68 bits per heavy atom. The first-order valence-electron chi connectivity index (χ1n) is 9.91. The van der Waals surface area contributed by atoms with Gasteiger partial charge in [-0.15, -0.1) is 13.2 Å². The maximum absolute atomic E-state index is 13.1. The van der Waals surface area contributed by atoms with Gasteiger partial charge in [-0.25, -0.2) is 0 Å². The molecule has 1 aliphatic rings. The van der Waals surface area contributed by atoms with Gasteiger partial charge < -0.3 is 14.6 Å². The molecule has 1 amide bonds. The maximum atomic E-state index is 13.1. The molecule has 0 saturated carbocycles. The van der Waals surface area contributed by atoms with E-state index in [1.165, 1.54) is 43.8 Å². The molecule has 3 aromatic rings. The molecule has 1 N–H and O–H groups in total. The third kappa shape index (κ3) is 4.42. The monoisotopic (exact) mass is 470 g/mol. The van der Waals surface area contributed by atoms with Crippen molar-refractivity contribution in [2.24, 2.45) is 0 Å². The number of amides is 1. The Kier molecular flexibility index (Phi) is 5.97. The number of alkyl halides is 3. The molecule has 2 heterocycles. The highest BCUT2D eigenvalue weighted by Crippen LogP contribution is 2.43. The molecule has 1 unspecified atom stereocenters. The van der Waals surface area contributed by atoms with Crippen LogP contribution in [0.25, 0.3) is 5.76 Å². The Balaban J connectivity index is 1.89. The van der Waals surface area contributed by atoms with Gasteiger partial charge in [0.05, 0.1) is 18.7 Å². The highest BCUT2D eigenvalue weighted by molar-refractivity contribution is 6.51. The molecule has 1 aliphatic heterocycles. The van der Waals surface area contributed by atoms with Gasteiger partial charge in [-0.1, -0.05) is 18.2 Å². The molecule has 0 aliphatic carbocycles. The number of methoxy groups -OCH3 is 1. The van der Waals surface area contributed by atoms with Crippen LogP contribution in [-0.4, -0.2) is 35.3 Å².